The second-order valence-corrected chi connectivity index (χ2v) is 5.21. The molecule has 1 N–H and O–H groups in total. The standard InChI is InChI=1S/C16H30O2/c1-3-4-5-9-12-15(2)13-10-7-6-8-11-14-16(17)18/h13H,3-12,14H2,1-2H3,(H,17,18). The van der Waals surface area contributed by atoms with Gasteiger partial charge in [-0.25, -0.2) is 0 Å². The fraction of sp³-hybridized carbons (Fsp3) is 0.812. The van der Waals surface area contributed by atoms with Crippen LogP contribution in [-0.2, 0) is 4.79 Å². The summed E-state index contributed by atoms with van der Waals surface area (Å²) in [6, 6.07) is 0. The number of carboxylic acid groups (broad SMARTS) is 1. The van der Waals surface area contributed by atoms with Crippen LogP contribution in [0.3, 0.4) is 0 Å². The van der Waals surface area contributed by atoms with Crippen LogP contribution in [0.2, 0.25) is 0 Å². The SMILES string of the molecule is CCCCCCC(C)=CCCCCCCC(=O)O. The van der Waals surface area contributed by atoms with E-state index in [4.69, 9.17) is 5.11 Å². The number of aliphatic carboxylic acids is 1. The summed E-state index contributed by atoms with van der Waals surface area (Å²) in [6.07, 6.45) is 14.7. The van der Waals surface area contributed by atoms with E-state index in [2.05, 4.69) is 19.9 Å². The average Bonchev–Trinajstić information content (AvgIpc) is 2.33. The van der Waals surface area contributed by atoms with E-state index < -0.39 is 5.97 Å². The molecular formula is C16H30O2. The molecule has 0 aliphatic heterocycles. The van der Waals surface area contributed by atoms with Crippen molar-refractivity contribution in [1.82, 2.24) is 0 Å². The molecule has 0 aromatic rings. The molecule has 0 saturated heterocycles. The summed E-state index contributed by atoms with van der Waals surface area (Å²) in [7, 11) is 0. The monoisotopic (exact) mass is 254 g/mol. The van der Waals surface area contributed by atoms with Gasteiger partial charge < -0.3 is 5.11 Å². The largest absolute Gasteiger partial charge is 0.481 e. The lowest BCUT2D eigenvalue weighted by Crippen LogP contribution is -1.93. The Morgan fingerprint density at radius 3 is 2.22 bits per heavy atom. The summed E-state index contributed by atoms with van der Waals surface area (Å²) in [4.78, 5) is 10.3. The Kier molecular flexibility index (Phi) is 12.1. The molecule has 0 atom stereocenters. The van der Waals surface area contributed by atoms with Crippen LogP contribution in [0.25, 0.3) is 0 Å². The van der Waals surface area contributed by atoms with E-state index in [0.717, 1.165) is 25.7 Å². The van der Waals surface area contributed by atoms with E-state index in [-0.39, 0.29) is 0 Å². The minimum absolute atomic E-state index is 0.326. The van der Waals surface area contributed by atoms with Gasteiger partial charge in [0.05, 0.1) is 0 Å². The van der Waals surface area contributed by atoms with Crippen molar-refractivity contribution in [2.45, 2.75) is 84.5 Å². The van der Waals surface area contributed by atoms with Gasteiger partial charge >= 0.3 is 5.97 Å². The van der Waals surface area contributed by atoms with Gasteiger partial charge in [0.15, 0.2) is 0 Å². The Morgan fingerprint density at radius 1 is 0.944 bits per heavy atom. The number of allylic oxidation sites excluding steroid dienone is 2. The molecule has 0 bridgehead atoms. The van der Waals surface area contributed by atoms with Crippen molar-refractivity contribution in [2.24, 2.45) is 0 Å². The molecule has 106 valence electrons. The average molecular weight is 254 g/mol. The van der Waals surface area contributed by atoms with Crippen LogP contribution in [0.1, 0.15) is 84.5 Å². The van der Waals surface area contributed by atoms with E-state index in [0.29, 0.717) is 6.42 Å². The van der Waals surface area contributed by atoms with Gasteiger partial charge in [0.2, 0.25) is 0 Å². The first-order chi connectivity index (χ1) is 8.66. The summed E-state index contributed by atoms with van der Waals surface area (Å²) < 4.78 is 0. The summed E-state index contributed by atoms with van der Waals surface area (Å²) in [5, 5.41) is 8.50. The van der Waals surface area contributed by atoms with Gasteiger partial charge in [0, 0.05) is 6.42 Å². The van der Waals surface area contributed by atoms with Crippen molar-refractivity contribution < 1.29 is 9.90 Å². The van der Waals surface area contributed by atoms with Gasteiger partial charge in [0.1, 0.15) is 0 Å². The molecule has 0 aromatic heterocycles. The van der Waals surface area contributed by atoms with Crippen LogP contribution in [-0.4, -0.2) is 11.1 Å². The highest BCUT2D eigenvalue weighted by Crippen LogP contribution is 2.12. The van der Waals surface area contributed by atoms with Crippen molar-refractivity contribution >= 4 is 5.97 Å². The highest BCUT2D eigenvalue weighted by atomic mass is 16.4. The van der Waals surface area contributed by atoms with Gasteiger partial charge in [-0.2, -0.15) is 0 Å². The molecule has 0 aliphatic carbocycles. The maximum Gasteiger partial charge on any atom is 0.303 e. The Morgan fingerprint density at radius 2 is 1.56 bits per heavy atom. The molecule has 0 unspecified atom stereocenters. The topological polar surface area (TPSA) is 37.3 Å². The number of rotatable bonds is 12. The van der Waals surface area contributed by atoms with E-state index >= 15 is 0 Å². The molecule has 2 nitrogen and oxygen atoms in total. The molecule has 18 heavy (non-hydrogen) atoms. The first kappa shape index (κ1) is 17.2. The van der Waals surface area contributed by atoms with Crippen molar-refractivity contribution in [3.63, 3.8) is 0 Å². The highest BCUT2D eigenvalue weighted by Gasteiger charge is 1.96. The normalized spacial score (nSPS) is 11.8. The van der Waals surface area contributed by atoms with Crippen LogP contribution in [0.5, 0.6) is 0 Å². The zero-order valence-corrected chi connectivity index (χ0v) is 12.2. The molecule has 2 heteroatoms. The van der Waals surface area contributed by atoms with Gasteiger partial charge in [-0.1, -0.05) is 50.7 Å². The lowest BCUT2D eigenvalue weighted by atomic mass is 10.0. The first-order valence-electron chi connectivity index (χ1n) is 7.54. The number of carboxylic acids is 1. The van der Waals surface area contributed by atoms with Crippen LogP contribution in [0.15, 0.2) is 11.6 Å². The maximum atomic E-state index is 10.3. The van der Waals surface area contributed by atoms with Crippen molar-refractivity contribution in [3.8, 4) is 0 Å². The Hall–Kier alpha value is -0.790. The molecule has 0 rings (SSSR count). The van der Waals surface area contributed by atoms with Crippen molar-refractivity contribution in [2.75, 3.05) is 0 Å². The molecule has 0 aromatic carbocycles. The third-order valence-corrected chi connectivity index (χ3v) is 3.26. The molecule has 0 radical (unpaired) electrons. The highest BCUT2D eigenvalue weighted by molar-refractivity contribution is 5.66. The summed E-state index contributed by atoms with van der Waals surface area (Å²) >= 11 is 0. The van der Waals surface area contributed by atoms with E-state index in [1.54, 1.807) is 0 Å². The summed E-state index contributed by atoms with van der Waals surface area (Å²) in [5.41, 5.74) is 1.52. The molecule has 0 saturated carbocycles. The van der Waals surface area contributed by atoms with Crippen LogP contribution >= 0.6 is 0 Å². The third-order valence-electron chi connectivity index (χ3n) is 3.26. The Bertz CT molecular complexity index is 231. The molecule has 0 fully saturated rings. The lowest BCUT2D eigenvalue weighted by molar-refractivity contribution is -0.137. The van der Waals surface area contributed by atoms with E-state index in [1.165, 1.54) is 44.1 Å². The third kappa shape index (κ3) is 13.3. The van der Waals surface area contributed by atoms with Crippen molar-refractivity contribution in [3.05, 3.63) is 11.6 Å². The van der Waals surface area contributed by atoms with Crippen LogP contribution < -0.4 is 0 Å². The summed E-state index contributed by atoms with van der Waals surface area (Å²) in [6.45, 7) is 4.48. The predicted molar refractivity (Wildman–Crippen MR) is 77.9 cm³/mol. The minimum Gasteiger partial charge on any atom is -0.481 e. The van der Waals surface area contributed by atoms with Gasteiger partial charge in [-0.3, -0.25) is 4.79 Å². The number of hydrogen-bond donors (Lipinski definition) is 1. The fourth-order valence-electron chi connectivity index (χ4n) is 2.06. The van der Waals surface area contributed by atoms with Gasteiger partial charge in [0.25, 0.3) is 0 Å². The van der Waals surface area contributed by atoms with Crippen LogP contribution in [0, 0.1) is 0 Å². The van der Waals surface area contributed by atoms with Crippen molar-refractivity contribution in [1.29, 1.82) is 0 Å². The molecule has 0 spiro atoms. The summed E-state index contributed by atoms with van der Waals surface area (Å²) in [5.74, 6) is -0.669. The Labute approximate surface area is 112 Å². The molecule has 0 amide bonds. The number of carbonyl (C=O) groups is 1. The molecule has 0 aliphatic rings. The smallest absolute Gasteiger partial charge is 0.303 e. The van der Waals surface area contributed by atoms with E-state index in [9.17, 15) is 4.79 Å². The zero-order chi connectivity index (χ0) is 13.6. The van der Waals surface area contributed by atoms with Gasteiger partial charge in [-0.05, 0) is 39.0 Å². The fourth-order valence-corrected chi connectivity index (χ4v) is 2.06. The predicted octanol–water partition coefficient (Wildman–Crippen LogP) is 5.33. The molecular weight excluding hydrogens is 224 g/mol. The second kappa shape index (κ2) is 12.7. The second-order valence-electron chi connectivity index (χ2n) is 5.21. The van der Waals surface area contributed by atoms with Crippen LogP contribution in [0.4, 0.5) is 0 Å². The number of unbranched alkanes of at least 4 members (excludes halogenated alkanes) is 7. The van der Waals surface area contributed by atoms with E-state index in [1.807, 2.05) is 0 Å². The minimum atomic E-state index is -0.669. The zero-order valence-electron chi connectivity index (χ0n) is 12.2. The molecule has 0 heterocycles. The quantitative estimate of drug-likeness (QED) is 0.377. The van der Waals surface area contributed by atoms with Gasteiger partial charge in [-0.15, -0.1) is 0 Å². The first-order valence-corrected chi connectivity index (χ1v) is 7.54. The Balaban J connectivity index is 3.31. The number of hydrogen-bond acceptors (Lipinski definition) is 1. The maximum absolute atomic E-state index is 10.3. The lowest BCUT2D eigenvalue weighted by Gasteiger charge is -2.02.